The summed E-state index contributed by atoms with van der Waals surface area (Å²) in [4.78, 5) is 0. The molecular weight excluding hydrogens is 577 g/mol. The lowest BCUT2D eigenvalue weighted by atomic mass is 10.0. The quantitative estimate of drug-likeness (QED) is 0.0445. The van der Waals surface area contributed by atoms with Crippen LogP contribution >= 0.6 is 0 Å². The van der Waals surface area contributed by atoms with Crippen LogP contribution in [0.4, 0.5) is 0 Å². The molecule has 0 fully saturated rings. The highest BCUT2D eigenvalue weighted by Gasteiger charge is 2.49. The van der Waals surface area contributed by atoms with Crippen LogP contribution in [-0.4, -0.2) is 49.2 Å². The second-order valence-electron chi connectivity index (χ2n) is 12.2. The van der Waals surface area contributed by atoms with Gasteiger partial charge in [0.1, 0.15) is 12.5 Å². The highest BCUT2D eigenvalue weighted by Crippen LogP contribution is 2.36. The van der Waals surface area contributed by atoms with E-state index in [0.717, 1.165) is 24.2 Å². The number of ether oxygens (including phenoxy) is 4. The zero-order valence-electron chi connectivity index (χ0n) is 28.0. The second-order valence-corrected chi connectivity index (χ2v) is 16.5. The van der Waals surface area contributed by atoms with Gasteiger partial charge in [0.2, 0.25) is 0 Å². The van der Waals surface area contributed by atoms with Crippen molar-refractivity contribution in [1.82, 2.24) is 0 Å². The molecule has 0 heterocycles. The van der Waals surface area contributed by atoms with Crippen LogP contribution in [0.1, 0.15) is 46.1 Å². The van der Waals surface area contributed by atoms with Crippen LogP contribution in [0, 0.1) is 5.92 Å². The van der Waals surface area contributed by atoms with Gasteiger partial charge < -0.3 is 23.4 Å². The highest BCUT2D eigenvalue weighted by molar-refractivity contribution is 6.99. The molecule has 0 radical (unpaired) electrons. The van der Waals surface area contributed by atoms with Gasteiger partial charge in [0, 0.05) is 7.11 Å². The minimum absolute atomic E-state index is 0.0341. The fourth-order valence-corrected chi connectivity index (χ4v) is 9.83. The lowest BCUT2D eigenvalue weighted by Crippen LogP contribution is -2.66. The van der Waals surface area contributed by atoms with Gasteiger partial charge in [-0.3, -0.25) is 0 Å². The summed E-state index contributed by atoms with van der Waals surface area (Å²) in [6.45, 7) is 11.7. The van der Waals surface area contributed by atoms with Crippen LogP contribution in [-0.2, 0) is 25.2 Å². The van der Waals surface area contributed by atoms with Gasteiger partial charge in [-0.1, -0.05) is 131 Å². The van der Waals surface area contributed by atoms with E-state index in [1.807, 2.05) is 24.3 Å². The summed E-state index contributed by atoms with van der Waals surface area (Å²) in [6, 6.07) is 29.6. The summed E-state index contributed by atoms with van der Waals surface area (Å²) in [5, 5.41) is 2.57. The molecule has 0 saturated heterocycles. The van der Waals surface area contributed by atoms with E-state index in [-0.39, 0.29) is 11.8 Å². The van der Waals surface area contributed by atoms with Gasteiger partial charge in [-0.15, -0.1) is 0 Å². The van der Waals surface area contributed by atoms with Crippen molar-refractivity contribution in [3.05, 3.63) is 126 Å². The van der Waals surface area contributed by atoms with Gasteiger partial charge >= 0.3 is 0 Å². The average Bonchev–Trinajstić information content (AvgIpc) is 3.05. The Hall–Kier alpha value is -3.26. The third-order valence-corrected chi connectivity index (χ3v) is 12.8. The summed E-state index contributed by atoms with van der Waals surface area (Å²) < 4.78 is 28.7. The maximum Gasteiger partial charge on any atom is 0.261 e. The number of benzene rings is 3. The SMILES string of the molecule is COCOC/C=C(\C=C\[C@@H](C)C/C=C/CO[Si](c1ccccc1)(c1ccccc1)C(C)(C)C)CCOCc1ccc(OC)cc1. The Morgan fingerprint density at radius 3 is 2.02 bits per heavy atom. The van der Waals surface area contributed by atoms with E-state index in [0.29, 0.717) is 32.3 Å². The molecule has 1 atom stereocenters. The molecule has 0 aromatic heterocycles. The van der Waals surface area contributed by atoms with Crippen molar-refractivity contribution < 1.29 is 23.4 Å². The Balaban J connectivity index is 1.58. The van der Waals surface area contributed by atoms with Gasteiger partial charge in [0.25, 0.3) is 8.32 Å². The molecule has 3 rings (SSSR count). The third kappa shape index (κ3) is 11.6. The topological polar surface area (TPSA) is 46.2 Å². The second kappa shape index (κ2) is 19.3. The number of hydrogen-bond acceptors (Lipinski definition) is 5. The van der Waals surface area contributed by atoms with Gasteiger partial charge in [-0.2, -0.15) is 0 Å². The predicted molar refractivity (Wildman–Crippen MR) is 189 cm³/mol. The molecule has 0 aliphatic carbocycles. The fraction of sp³-hybridized carbons (Fsp3) is 0.385. The molecule has 242 valence electrons. The lowest BCUT2D eigenvalue weighted by Gasteiger charge is -2.42. The molecule has 3 aromatic rings. The lowest BCUT2D eigenvalue weighted by molar-refractivity contribution is -0.0188. The first-order chi connectivity index (χ1) is 21.8. The summed E-state index contributed by atoms with van der Waals surface area (Å²) in [5.74, 6) is 1.22. The van der Waals surface area contributed by atoms with Crippen molar-refractivity contribution in [2.45, 2.75) is 52.2 Å². The van der Waals surface area contributed by atoms with E-state index in [2.05, 4.69) is 119 Å². The van der Waals surface area contributed by atoms with Crippen molar-refractivity contribution in [2.75, 3.05) is 40.8 Å². The standard InChI is InChI=1S/C39H52O5Si/c1-33(20-21-34(27-30-43-32-40-5)26-29-42-31-35-22-24-36(41-6)25-23-35)15-13-14-28-44-45(39(2,3)4,37-16-9-7-10-17-37)38-18-11-8-12-19-38/h7-14,16-25,27,33H,15,26,28-32H2,1-6H3/b14-13+,21-20+,34-27+/t33-/m0/s1. The van der Waals surface area contributed by atoms with E-state index in [9.17, 15) is 0 Å². The third-order valence-electron chi connectivity index (χ3n) is 7.75. The zero-order chi connectivity index (χ0) is 32.4. The summed E-state index contributed by atoms with van der Waals surface area (Å²) in [7, 11) is 0.776. The number of methoxy groups -OCH3 is 2. The molecule has 5 nitrogen and oxygen atoms in total. The van der Waals surface area contributed by atoms with Crippen LogP contribution < -0.4 is 15.1 Å². The molecule has 0 aliphatic heterocycles. The molecule has 3 aromatic carbocycles. The van der Waals surface area contributed by atoms with Crippen LogP contribution in [0.25, 0.3) is 0 Å². The minimum Gasteiger partial charge on any atom is -0.497 e. The average molecular weight is 629 g/mol. The van der Waals surface area contributed by atoms with E-state index >= 15 is 0 Å². The molecule has 0 spiro atoms. The highest BCUT2D eigenvalue weighted by atomic mass is 28.4. The molecule has 0 N–H and O–H groups in total. The van der Waals surface area contributed by atoms with Crippen molar-refractivity contribution in [2.24, 2.45) is 5.92 Å². The molecule has 0 unspecified atom stereocenters. The first kappa shape index (κ1) is 36.2. The predicted octanol–water partition coefficient (Wildman–Crippen LogP) is 7.86. The van der Waals surface area contributed by atoms with Crippen molar-refractivity contribution in [3.8, 4) is 5.75 Å². The number of allylic oxidation sites excluding steroid dienone is 3. The minimum atomic E-state index is -2.53. The normalized spacial score (nSPS) is 13.5. The largest absolute Gasteiger partial charge is 0.497 e. The summed E-state index contributed by atoms with van der Waals surface area (Å²) >= 11 is 0. The number of rotatable bonds is 19. The first-order valence-electron chi connectivity index (χ1n) is 15.8. The maximum atomic E-state index is 6.99. The fourth-order valence-electron chi connectivity index (χ4n) is 5.33. The molecule has 0 bridgehead atoms. The van der Waals surface area contributed by atoms with E-state index < -0.39 is 8.32 Å². The summed E-state index contributed by atoms with van der Waals surface area (Å²) in [5.41, 5.74) is 2.31. The Labute approximate surface area is 272 Å². The van der Waals surface area contributed by atoms with E-state index in [1.165, 1.54) is 15.9 Å². The summed E-state index contributed by atoms with van der Waals surface area (Å²) in [6.07, 6.45) is 12.7. The van der Waals surface area contributed by atoms with Gasteiger partial charge in [-0.25, -0.2) is 0 Å². The van der Waals surface area contributed by atoms with E-state index in [1.54, 1.807) is 14.2 Å². The maximum absolute atomic E-state index is 6.99. The van der Waals surface area contributed by atoms with Crippen molar-refractivity contribution >= 4 is 18.7 Å². The van der Waals surface area contributed by atoms with Crippen LogP contribution in [0.2, 0.25) is 5.04 Å². The molecule has 6 heteroatoms. The van der Waals surface area contributed by atoms with E-state index in [4.69, 9.17) is 23.4 Å². The molecule has 0 aliphatic rings. The van der Waals surface area contributed by atoms with Crippen LogP contribution in [0.5, 0.6) is 5.75 Å². The van der Waals surface area contributed by atoms with Gasteiger partial charge in [0.05, 0.1) is 33.5 Å². The van der Waals surface area contributed by atoms with Gasteiger partial charge in [-0.05, 0) is 57.4 Å². The Morgan fingerprint density at radius 2 is 1.44 bits per heavy atom. The zero-order valence-corrected chi connectivity index (χ0v) is 29.0. The smallest absolute Gasteiger partial charge is 0.261 e. The number of hydrogen-bond donors (Lipinski definition) is 0. The monoisotopic (exact) mass is 628 g/mol. The Morgan fingerprint density at radius 1 is 0.800 bits per heavy atom. The van der Waals surface area contributed by atoms with Crippen molar-refractivity contribution in [1.29, 1.82) is 0 Å². The molecular formula is C39H52O5Si. The van der Waals surface area contributed by atoms with Crippen molar-refractivity contribution in [3.63, 3.8) is 0 Å². The van der Waals surface area contributed by atoms with Gasteiger partial charge in [0.15, 0.2) is 0 Å². The molecule has 45 heavy (non-hydrogen) atoms. The molecule has 0 amide bonds. The molecule has 0 saturated carbocycles. The van der Waals surface area contributed by atoms with Crippen LogP contribution in [0.15, 0.2) is 121 Å². The Bertz CT molecular complexity index is 1270. The first-order valence-corrected chi connectivity index (χ1v) is 17.8. The van der Waals surface area contributed by atoms with Crippen LogP contribution in [0.3, 0.4) is 0 Å². The Kier molecular flexibility index (Phi) is 15.5.